The summed E-state index contributed by atoms with van der Waals surface area (Å²) in [4.78, 5) is 16.5. The summed E-state index contributed by atoms with van der Waals surface area (Å²) in [5, 5.41) is 0.621. The summed E-state index contributed by atoms with van der Waals surface area (Å²) in [5.41, 5.74) is 0.415. The van der Waals surface area contributed by atoms with Gasteiger partial charge in [-0.2, -0.15) is 0 Å². The minimum Gasteiger partial charge on any atom is -0.496 e. The molecular weight excluding hydrogens is 324 g/mol. The topological polar surface area (TPSA) is 60.5 Å². The lowest BCUT2D eigenvalue weighted by molar-refractivity contribution is 0.0526. The number of benzene rings is 1. The first-order chi connectivity index (χ1) is 10.6. The average molecular weight is 339 g/mol. The van der Waals surface area contributed by atoms with Crippen LogP contribution < -0.4 is 9.46 Å². The van der Waals surface area contributed by atoms with E-state index in [0.717, 1.165) is 4.90 Å². The van der Waals surface area contributed by atoms with Crippen LogP contribution in [-0.4, -0.2) is 24.7 Å². The van der Waals surface area contributed by atoms with Gasteiger partial charge in [-0.25, -0.2) is 9.78 Å². The van der Waals surface area contributed by atoms with Gasteiger partial charge in [0.05, 0.1) is 24.2 Å². The normalized spacial score (nSPS) is 10.1. The van der Waals surface area contributed by atoms with Crippen molar-refractivity contribution in [3.05, 3.63) is 47.1 Å². The molecule has 0 amide bonds. The van der Waals surface area contributed by atoms with E-state index in [1.165, 1.54) is 18.1 Å². The fraction of sp³-hybridized carbons (Fsp3) is 0.200. The Morgan fingerprint density at radius 3 is 2.82 bits per heavy atom. The SMILES string of the molecule is CCOC(=O)c1ccc(NSc2cc(Cl)ccc2OC)nc1. The molecule has 0 unspecified atom stereocenters. The highest BCUT2D eigenvalue weighted by Gasteiger charge is 2.08. The van der Waals surface area contributed by atoms with E-state index in [9.17, 15) is 4.79 Å². The predicted octanol–water partition coefficient (Wildman–Crippen LogP) is 4.04. The first kappa shape index (κ1) is 16.5. The largest absolute Gasteiger partial charge is 0.496 e. The zero-order valence-corrected chi connectivity index (χ0v) is 13.7. The molecule has 0 aliphatic carbocycles. The molecule has 1 aromatic carbocycles. The number of anilines is 1. The van der Waals surface area contributed by atoms with Crippen molar-refractivity contribution in [2.75, 3.05) is 18.4 Å². The van der Waals surface area contributed by atoms with Crippen molar-refractivity contribution in [1.29, 1.82) is 0 Å². The summed E-state index contributed by atoms with van der Waals surface area (Å²) < 4.78 is 13.2. The molecule has 1 aromatic heterocycles. The number of nitrogens with one attached hydrogen (secondary N) is 1. The fourth-order valence-electron chi connectivity index (χ4n) is 1.63. The summed E-state index contributed by atoms with van der Waals surface area (Å²) >= 11 is 7.30. The van der Waals surface area contributed by atoms with Crippen LogP contribution in [0, 0.1) is 0 Å². The van der Waals surface area contributed by atoms with Gasteiger partial charge in [0.25, 0.3) is 0 Å². The second-order valence-electron chi connectivity index (χ2n) is 4.15. The van der Waals surface area contributed by atoms with Gasteiger partial charge in [-0.3, -0.25) is 0 Å². The van der Waals surface area contributed by atoms with Crippen molar-refractivity contribution < 1.29 is 14.3 Å². The molecule has 0 saturated heterocycles. The van der Waals surface area contributed by atoms with Crippen molar-refractivity contribution in [2.24, 2.45) is 0 Å². The first-order valence-corrected chi connectivity index (χ1v) is 7.73. The highest BCUT2D eigenvalue weighted by atomic mass is 35.5. The number of hydrogen-bond donors (Lipinski definition) is 1. The monoisotopic (exact) mass is 338 g/mol. The molecule has 1 N–H and O–H groups in total. The number of aromatic nitrogens is 1. The van der Waals surface area contributed by atoms with Crippen LogP contribution in [-0.2, 0) is 4.74 Å². The van der Waals surface area contributed by atoms with Crippen molar-refractivity contribution >= 4 is 35.3 Å². The Kier molecular flexibility index (Phi) is 5.91. The van der Waals surface area contributed by atoms with Crippen LogP contribution in [0.5, 0.6) is 5.75 Å². The van der Waals surface area contributed by atoms with E-state index in [-0.39, 0.29) is 5.97 Å². The molecule has 0 spiro atoms. The van der Waals surface area contributed by atoms with Gasteiger partial charge in [0.15, 0.2) is 0 Å². The molecule has 2 rings (SSSR count). The molecule has 2 aromatic rings. The Morgan fingerprint density at radius 1 is 1.36 bits per heavy atom. The van der Waals surface area contributed by atoms with Crippen LogP contribution in [0.2, 0.25) is 5.02 Å². The van der Waals surface area contributed by atoms with E-state index >= 15 is 0 Å². The molecule has 0 radical (unpaired) electrons. The maximum absolute atomic E-state index is 11.5. The zero-order chi connectivity index (χ0) is 15.9. The van der Waals surface area contributed by atoms with Crippen molar-refractivity contribution in [2.45, 2.75) is 11.8 Å². The summed E-state index contributed by atoms with van der Waals surface area (Å²) in [6.45, 7) is 2.10. The van der Waals surface area contributed by atoms with Crippen LogP contribution in [0.25, 0.3) is 0 Å². The quantitative estimate of drug-likeness (QED) is 0.633. The molecule has 7 heteroatoms. The van der Waals surface area contributed by atoms with Gasteiger partial charge in [-0.05, 0) is 49.2 Å². The van der Waals surface area contributed by atoms with Gasteiger partial charge in [0.1, 0.15) is 11.6 Å². The summed E-state index contributed by atoms with van der Waals surface area (Å²) in [6.07, 6.45) is 1.47. The third-order valence-electron chi connectivity index (χ3n) is 2.67. The van der Waals surface area contributed by atoms with E-state index < -0.39 is 0 Å². The minimum atomic E-state index is -0.384. The number of halogens is 1. The number of methoxy groups -OCH3 is 1. The predicted molar refractivity (Wildman–Crippen MR) is 87.7 cm³/mol. The highest BCUT2D eigenvalue weighted by molar-refractivity contribution is 8.00. The number of esters is 1. The summed E-state index contributed by atoms with van der Waals surface area (Å²) in [5.74, 6) is 0.941. The van der Waals surface area contributed by atoms with Crippen LogP contribution in [0.1, 0.15) is 17.3 Å². The number of rotatable bonds is 6. The van der Waals surface area contributed by atoms with E-state index in [4.69, 9.17) is 21.1 Å². The molecule has 0 fully saturated rings. The molecule has 0 atom stereocenters. The van der Waals surface area contributed by atoms with Gasteiger partial charge in [0, 0.05) is 11.2 Å². The number of carbonyl (C=O) groups excluding carboxylic acids is 1. The van der Waals surface area contributed by atoms with Gasteiger partial charge in [0.2, 0.25) is 0 Å². The first-order valence-electron chi connectivity index (χ1n) is 6.53. The molecule has 5 nitrogen and oxygen atoms in total. The van der Waals surface area contributed by atoms with Crippen LogP contribution in [0.4, 0.5) is 5.82 Å². The highest BCUT2D eigenvalue weighted by Crippen LogP contribution is 2.32. The van der Waals surface area contributed by atoms with Crippen LogP contribution in [0.3, 0.4) is 0 Å². The summed E-state index contributed by atoms with van der Waals surface area (Å²) in [7, 11) is 1.60. The van der Waals surface area contributed by atoms with Crippen molar-refractivity contribution in [1.82, 2.24) is 4.98 Å². The van der Waals surface area contributed by atoms with E-state index in [1.54, 1.807) is 44.4 Å². The Hall–Kier alpha value is -1.92. The second kappa shape index (κ2) is 7.91. The van der Waals surface area contributed by atoms with E-state index in [1.807, 2.05) is 0 Å². The molecular formula is C15H15ClN2O3S. The van der Waals surface area contributed by atoms with E-state index in [2.05, 4.69) is 9.71 Å². The lowest BCUT2D eigenvalue weighted by atomic mass is 10.3. The molecule has 0 aliphatic heterocycles. The zero-order valence-electron chi connectivity index (χ0n) is 12.1. The Morgan fingerprint density at radius 2 is 2.18 bits per heavy atom. The Bertz CT molecular complexity index is 650. The lowest BCUT2D eigenvalue weighted by Gasteiger charge is -2.09. The number of hydrogen-bond acceptors (Lipinski definition) is 6. The third kappa shape index (κ3) is 4.29. The third-order valence-corrected chi connectivity index (χ3v) is 3.75. The molecule has 1 heterocycles. The maximum atomic E-state index is 11.5. The number of nitrogens with zero attached hydrogens (tertiary/aromatic N) is 1. The molecule has 0 bridgehead atoms. The number of ether oxygens (including phenoxy) is 2. The minimum absolute atomic E-state index is 0.337. The molecule has 0 saturated carbocycles. The second-order valence-corrected chi connectivity index (χ2v) is 5.44. The van der Waals surface area contributed by atoms with Gasteiger partial charge in [-0.1, -0.05) is 11.6 Å². The van der Waals surface area contributed by atoms with Gasteiger partial charge in [-0.15, -0.1) is 0 Å². The average Bonchev–Trinajstić information content (AvgIpc) is 2.54. The fourth-order valence-corrected chi connectivity index (χ4v) is 2.64. The van der Waals surface area contributed by atoms with Crippen LogP contribution >= 0.6 is 23.5 Å². The van der Waals surface area contributed by atoms with Crippen LogP contribution in [0.15, 0.2) is 41.4 Å². The molecule has 22 heavy (non-hydrogen) atoms. The van der Waals surface area contributed by atoms with Crippen molar-refractivity contribution in [3.63, 3.8) is 0 Å². The van der Waals surface area contributed by atoms with Gasteiger partial charge >= 0.3 is 5.97 Å². The number of carbonyl (C=O) groups is 1. The number of pyridine rings is 1. The Labute approximate surface area is 138 Å². The van der Waals surface area contributed by atoms with Crippen molar-refractivity contribution in [3.8, 4) is 5.75 Å². The standard InChI is InChI=1S/C15H15ClN2O3S/c1-3-21-15(19)10-4-7-14(17-9-10)18-22-13-8-11(16)5-6-12(13)20-2/h4-9H,3H2,1-2H3,(H,17,18). The van der Waals surface area contributed by atoms with E-state index in [0.29, 0.717) is 28.8 Å². The summed E-state index contributed by atoms with van der Waals surface area (Å²) in [6, 6.07) is 8.71. The Balaban J connectivity index is 2.03. The lowest BCUT2D eigenvalue weighted by Crippen LogP contribution is -2.05. The maximum Gasteiger partial charge on any atom is 0.339 e. The van der Waals surface area contributed by atoms with Gasteiger partial charge < -0.3 is 14.2 Å². The smallest absolute Gasteiger partial charge is 0.339 e. The molecule has 0 aliphatic rings. The molecule has 116 valence electrons.